The van der Waals surface area contributed by atoms with E-state index in [0.29, 0.717) is 12.0 Å². The zero-order valence-electron chi connectivity index (χ0n) is 11.1. The van der Waals surface area contributed by atoms with E-state index < -0.39 is 0 Å². The summed E-state index contributed by atoms with van der Waals surface area (Å²) in [7, 11) is 1.92. The molecule has 4 heteroatoms. The van der Waals surface area contributed by atoms with Gasteiger partial charge in [-0.2, -0.15) is 0 Å². The number of nitrogens with two attached hydrogens (primary N) is 1. The fourth-order valence-corrected chi connectivity index (χ4v) is 2.84. The third-order valence-electron chi connectivity index (χ3n) is 4.18. The fourth-order valence-electron chi connectivity index (χ4n) is 2.84. The molecule has 0 atom stereocenters. The summed E-state index contributed by atoms with van der Waals surface area (Å²) in [5.41, 5.74) is 5.76. The molecule has 2 aliphatic rings. The van der Waals surface area contributed by atoms with E-state index in [1.165, 1.54) is 0 Å². The molecule has 2 fully saturated rings. The normalized spacial score (nSPS) is 29.9. The Hall–Kier alpha value is -0.770. The van der Waals surface area contributed by atoms with Crippen molar-refractivity contribution in [3.05, 3.63) is 0 Å². The second kappa shape index (κ2) is 5.25. The van der Waals surface area contributed by atoms with Gasteiger partial charge in [-0.25, -0.2) is 4.79 Å². The van der Waals surface area contributed by atoms with Gasteiger partial charge < -0.3 is 15.5 Å². The molecule has 0 aromatic heterocycles. The average molecular weight is 239 g/mol. The van der Waals surface area contributed by atoms with Gasteiger partial charge in [0.15, 0.2) is 0 Å². The number of likely N-dealkylation sites (tertiary alicyclic amines) is 1. The van der Waals surface area contributed by atoms with Crippen LogP contribution in [0.3, 0.4) is 0 Å². The number of rotatable bonds is 2. The van der Waals surface area contributed by atoms with E-state index in [1.807, 2.05) is 16.8 Å². The summed E-state index contributed by atoms with van der Waals surface area (Å²) in [6.07, 6.45) is 4.45. The minimum absolute atomic E-state index is 0.206. The molecule has 0 aromatic carbocycles. The zero-order valence-corrected chi connectivity index (χ0v) is 11.1. The zero-order chi connectivity index (χ0) is 12.4. The van der Waals surface area contributed by atoms with Gasteiger partial charge >= 0.3 is 6.03 Å². The number of hydrogen-bond donors (Lipinski definition) is 1. The number of hydrogen-bond acceptors (Lipinski definition) is 2. The van der Waals surface area contributed by atoms with Crippen LogP contribution in [0.5, 0.6) is 0 Å². The molecule has 2 amide bonds. The lowest BCUT2D eigenvalue weighted by Gasteiger charge is -2.38. The molecule has 0 aromatic rings. The fraction of sp³-hybridized carbons (Fsp3) is 0.923. The Morgan fingerprint density at radius 2 is 1.94 bits per heavy atom. The van der Waals surface area contributed by atoms with E-state index in [1.54, 1.807) is 0 Å². The molecule has 1 aliphatic heterocycles. The smallest absolute Gasteiger partial charge is 0.319 e. The number of nitrogens with zero attached hydrogens (tertiary/aromatic N) is 2. The Kier molecular flexibility index (Phi) is 3.92. The summed E-state index contributed by atoms with van der Waals surface area (Å²) < 4.78 is 0. The van der Waals surface area contributed by atoms with Crippen LogP contribution in [0.25, 0.3) is 0 Å². The van der Waals surface area contributed by atoms with Gasteiger partial charge in [-0.15, -0.1) is 0 Å². The van der Waals surface area contributed by atoms with Gasteiger partial charge in [0.2, 0.25) is 0 Å². The standard InChI is InChI=1S/C13H25N3O/c1-10-3-5-16(6-4-10)13(17)15(2)9-11-7-12(14)8-11/h10-12H,3-9,14H2,1-2H3. The number of urea groups is 1. The molecule has 2 rings (SSSR count). The van der Waals surface area contributed by atoms with E-state index in [2.05, 4.69) is 6.92 Å². The predicted molar refractivity (Wildman–Crippen MR) is 68.7 cm³/mol. The third kappa shape index (κ3) is 3.12. The SMILES string of the molecule is CC1CCN(C(=O)N(C)CC2CC(N)C2)CC1. The second-order valence-electron chi connectivity index (χ2n) is 5.93. The van der Waals surface area contributed by atoms with Gasteiger partial charge in [-0.05, 0) is 37.5 Å². The van der Waals surface area contributed by atoms with E-state index in [9.17, 15) is 4.79 Å². The summed E-state index contributed by atoms with van der Waals surface area (Å²) >= 11 is 0. The molecule has 0 bridgehead atoms. The molecule has 98 valence electrons. The molecular weight excluding hydrogens is 214 g/mol. The topological polar surface area (TPSA) is 49.6 Å². The lowest BCUT2D eigenvalue weighted by Crippen LogP contribution is -2.49. The predicted octanol–water partition coefficient (Wildman–Crippen LogP) is 1.51. The molecule has 0 radical (unpaired) electrons. The Bertz CT molecular complexity index is 268. The molecule has 2 N–H and O–H groups in total. The van der Waals surface area contributed by atoms with Crippen molar-refractivity contribution in [1.82, 2.24) is 9.80 Å². The van der Waals surface area contributed by atoms with Gasteiger partial charge in [0.25, 0.3) is 0 Å². The van der Waals surface area contributed by atoms with Crippen molar-refractivity contribution >= 4 is 6.03 Å². The molecule has 0 spiro atoms. The van der Waals surface area contributed by atoms with Gasteiger partial charge in [0.05, 0.1) is 0 Å². The summed E-state index contributed by atoms with van der Waals surface area (Å²) in [6.45, 7) is 4.99. The van der Waals surface area contributed by atoms with Crippen molar-refractivity contribution in [3.63, 3.8) is 0 Å². The molecule has 1 aliphatic carbocycles. The minimum Gasteiger partial charge on any atom is -0.328 e. The van der Waals surface area contributed by atoms with Crippen molar-refractivity contribution < 1.29 is 4.79 Å². The molecule has 17 heavy (non-hydrogen) atoms. The highest BCUT2D eigenvalue weighted by Gasteiger charge is 2.30. The van der Waals surface area contributed by atoms with Crippen LogP contribution in [0.15, 0.2) is 0 Å². The molecule has 0 unspecified atom stereocenters. The Morgan fingerprint density at radius 3 is 2.47 bits per heavy atom. The van der Waals surface area contributed by atoms with Crippen LogP contribution in [-0.4, -0.2) is 48.6 Å². The van der Waals surface area contributed by atoms with E-state index in [4.69, 9.17) is 5.73 Å². The maximum Gasteiger partial charge on any atom is 0.319 e. The maximum absolute atomic E-state index is 12.2. The van der Waals surface area contributed by atoms with Crippen LogP contribution < -0.4 is 5.73 Å². The first-order valence-electron chi connectivity index (χ1n) is 6.82. The van der Waals surface area contributed by atoms with Crippen molar-refractivity contribution in [2.45, 2.75) is 38.6 Å². The number of carbonyl (C=O) groups excluding carboxylic acids is 1. The highest BCUT2D eigenvalue weighted by atomic mass is 16.2. The van der Waals surface area contributed by atoms with Crippen LogP contribution in [0.2, 0.25) is 0 Å². The summed E-state index contributed by atoms with van der Waals surface area (Å²) in [6, 6.07) is 0.580. The quantitative estimate of drug-likeness (QED) is 0.794. The lowest BCUT2D eigenvalue weighted by molar-refractivity contribution is 0.125. The molecule has 4 nitrogen and oxygen atoms in total. The molecule has 1 heterocycles. The minimum atomic E-state index is 0.206. The number of carbonyl (C=O) groups is 1. The van der Waals surface area contributed by atoms with E-state index in [0.717, 1.165) is 51.2 Å². The Balaban J connectivity index is 1.74. The van der Waals surface area contributed by atoms with Crippen molar-refractivity contribution in [2.75, 3.05) is 26.7 Å². The Morgan fingerprint density at radius 1 is 1.35 bits per heavy atom. The largest absolute Gasteiger partial charge is 0.328 e. The van der Waals surface area contributed by atoms with Crippen molar-refractivity contribution in [1.29, 1.82) is 0 Å². The van der Waals surface area contributed by atoms with Crippen LogP contribution in [0, 0.1) is 11.8 Å². The molecular formula is C13H25N3O. The Labute approximate surface area is 104 Å². The van der Waals surface area contributed by atoms with Crippen LogP contribution in [0.1, 0.15) is 32.6 Å². The van der Waals surface area contributed by atoms with E-state index >= 15 is 0 Å². The highest BCUT2D eigenvalue weighted by molar-refractivity contribution is 5.74. The van der Waals surface area contributed by atoms with Crippen LogP contribution in [0.4, 0.5) is 4.79 Å². The van der Waals surface area contributed by atoms with Gasteiger partial charge in [-0.1, -0.05) is 6.92 Å². The third-order valence-corrected chi connectivity index (χ3v) is 4.18. The summed E-state index contributed by atoms with van der Waals surface area (Å²) in [5, 5.41) is 0. The van der Waals surface area contributed by atoms with Crippen LogP contribution >= 0.6 is 0 Å². The van der Waals surface area contributed by atoms with Gasteiger partial charge in [-0.3, -0.25) is 0 Å². The summed E-state index contributed by atoms with van der Waals surface area (Å²) in [5.74, 6) is 1.40. The number of amides is 2. The average Bonchev–Trinajstić information content (AvgIpc) is 2.27. The molecule has 1 saturated heterocycles. The first-order valence-corrected chi connectivity index (χ1v) is 6.82. The van der Waals surface area contributed by atoms with Crippen molar-refractivity contribution in [2.24, 2.45) is 17.6 Å². The second-order valence-corrected chi connectivity index (χ2v) is 5.93. The molecule has 1 saturated carbocycles. The maximum atomic E-state index is 12.2. The number of piperidine rings is 1. The van der Waals surface area contributed by atoms with Crippen LogP contribution in [-0.2, 0) is 0 Å². The monoisotopic (exact) mass is 239 g/mol. The van der Waals surface area contributed by atoms with Gasteiger partial charge in [0.1, 0.15) is 0 Å². The van der Waals surface area contributed by atoms with E-state index in [-0.39, 0.29) is 6.03 Å². The first kappa shape index (κ1) is 12.7. The summed E-state index contributed by atoms with van der Waals surface area (Å²) in [4.78, 5) is 16.1. The van der Waals surface area contributed by atoms with Crippen molar-refractivity contribution in [3.8, 4) is 0 Å². The van der Waals surface area contributed by atoms with Gasteiger partial charge in [0, 0.05) is 32.7 Å². The lowest BCUT2D eigenvalue weighted by atomic mass is 9.81. The highest BCUT2D eigenvalue weighted by Crippen LogP contribution is 2.26. The first-order chi connectivity index (χ1) is 8.06.